The van der Waals surface area contributed by atoms with Crippen molar-refractivity contribution in [1.29, 1.82) is 0 Å². The summed E-state index contributed by atoms with van der Waals surface area (Å²) in [6.45, 7) is 4.34. The number of pyridine rings is 1. The second-order valence-electron chi connectivity index (χ2n) is 8.31. The molecule has 1 atom stereocenters. The number of carbonyl (C=O) groups is 2. The van der Waals surface area contributed by atoms with Crippen LogP contribution in [0, 0.1) is 11.8 Å². The predicted octanol–water partition coefficient (Wildman–Crippen LogP) is 3.73. The highest BCUT2D eigenvalue weighted by Crippen LogP contribution is 2.31. The molecule has 2 aromatic rings. The molecule has 0 bridgehead atoms. The molecule has 1 aliphatic rings. The first-order valence-electron chi connectivity index (χ1n) is 10.2. The van der Waals surface area contributed by atoms with Crippen LogP contribution in [0.5, 0.6) is 0 Å². The maximum atomic E-state index is 12.6. The van der Waals surface area contributed by atoms with E-state index in [4.69, 9.17) is 5.73 Å². The van der Waals surface area contributed by atoms with Crippen LogP contribution >= 0.6 is 23.7 Å². The molecule has 1 fully saturated rings. The summed E-state index contributed by atoms with van der Waals surface area (Å²) >= 11 is 1.59. The minimum atomic E-state index is -0.559. The van der Waals surface area contributed by atoms with Crippen LogP contribution in [0.15, 0.2) is 42.0 Å². The van der Waals surface area contributed by atoms with Crippen molar-refractivity contribution >= 4 is 41.2 Å². The molecule has 164 valence electrons. The normalized spacial score (nSPS) is 20.0. The number of hydrogen-bond acceptors (Lipinski definition) is 5. The predicted molar refractivity (Wildman–Crippen MR) is 124 cm³/mol. The number of aromatic nitrogens is 1. The van der Waals surface area contributed by atoms with Gasteiger partial charge in [0.2, 0.25) is 11.8 Å². The van der Waals surface area contributed by atoms with Crippen molar-refractivity contribution < 1.29 is 9.59 Å². The summed E-state index contributed by atoms with van der Waals surface area (Å²) in [5.41, 5.74) is 6.60. The first-order chi connectivity index (χ1) is 13.9. The number of amides is 2. The number of thiophene rings is 1. The van der Waals surface area contributed by atoms with Crippen LogP contribution in [0.3, 0.4) is 0 Å². The number of nitrogens with one attached hydrogen (secondary N) is 2. The van der Waals surface area contributed by atoms with E-state index >= 15 is 0 Å². The van der Waals surface area contributed by atoms with Gasteiger partial charge >= 0.3 is 0 Å². The second-order valence-corrected chi connectivity index (χ2v) is 9.26. The van der Waals surface area contributed by atoms with Gasteiger partial charge in [-0.15, -0.1) is 23.7 Å². The molecule has 4 N–H and O–H groups in total. The van der Waals surface area contributed by atoms with Crippen LogP contribution in [0.4, 0.5) is 5.69 Å². The van der Waals surface area contributed by atoms with Crippen molar-refractivity contribution in [3.05, 3.63) is 46.9 Å². The summed E-state index contributed by atoms with van der Waals surface area (Å²) in [5.74, 6) is 0.402. The monoisotopic (exact) mass is 450 g/mol. The van der Waals surface area contributed by atoms with Gasteiger partial charge in [0, 0.05) is 41.5 Å². The number of rotatable bonds is 7. The van der Waals surface area contributed by atoms with E-state index in [9.17, 15) is 9.59 Å². The topological polar surface area (TPSA) is 97.1 Å². The molecule has 0 aromatic carbocycles. The highest BCUT2D eigenvalue weighted by atomic mass is 35.5. The molecule has 2 heterocycles. The van der Waals surface area contributed by atoms with Crippen molar-refractivity contribution in [2.24, 2.45) is 17.6 Å². The van der Waals surface area contributed by atoms with Gasteiger partial charge in [-0.05, 0) is 69.0 Å². The molecule has 1 unspecified atom stereocenters. The fraction of sp³-hybridized carbons (Fsp3) is 0.500. The molecule has 1 saturated carbocycles. The second kappa shape index (κ2) is 10.9. The number of nitrogens with two attached hydrogens (primary N) is 1. The third-order valence-corrected chi connectivity index (χ3v) is 7.09. The van der Waals surface area contributed by atoms with Crippen molar-refractivity contribution in [2.75, 3.05) is 11.9 Å². The van der Waals surface area contributed by atoms with Gasteiger partial charge in [0.25, 0.3) is 0 Å². The van der Waals surface area contributed by atoms with Crippen molar-refractivity contribution in [3.8, 4) is 0 Å². The maximum absolute atomic E-state index is 12.6. The van der Waals surface area contributed by atoms with Crippen LogP contribution in [0.25, 0.3) is 0 Å². The van der Waals surface area contributed by atoms with E-state index in [0.717, 1.165) is 36.2 Å². The van der Waals surface area contributed by atoms with Crippen molar-refractivity contribution in [3.63, 3.8) is 0 Å². The zero-order valence-corrected chi connectivity index (χ0v) is 19.1. The Bertz CT molecular complexity index is 806. The molecular formula is C22H31ClN4O2S. The molecule has 6 nitrogen and oxygen atoms in total. The molecule has 30 heavy (non-hydrogen) atoms. The number of anilines is 1. The number of halogens is 1. The summed E-state index contributed by atoms with van der Waals surface area (Å²) in [6, 6.07) is 7.44. The first-order valence-corrected chi connectivity index (χ1v) is 11.0. The summed E-state index contributed by atoms with van der Waals surface area (Å²) in [4.78, 5) is 30.1. The van der Waals surface area contributed by atoms with Gasteiger partial charge < -0.3 is 16.4 Å². The average molecular weight is 451 g/mol. The zero-order chi connectivity index (χ0) is 20.9. The number of hydrogen-bond donors (Lipinski definition) is 3. The van der Waals surface area contributed by atoms with Gasteiger partial charge in [0.15, 0.2) is 0 Å². The minimum absolute atomic E-state index is 0. The standard InChI is InChI=1S/C22H30N4O2S.ClH/c1-22(2,19-4-3-13-29-19)21(28)25-14-18(23)15-5-7-16(8-6-15)20(27)26-17-9-11-24-12-10-17;/h3-4,9-13,15-16,18H,5-8,14,23H2,1-2H3,(H,25,28)(H,24,26,27);1H. The van der Waals surface area contributed by atoms with Crippen molar-refractivity contribution in [2.45, 2.75) is 51.0 Å². The molecule has 0 spiro atoms. The average Bonchev–Trinajstić information content (AvgIpc) is 3.28. The SMILES string of the molecule is CC(C)(C(=O)NCC(N)C1CCC(C(=O)Nc2ccncc2)CC1)c1cccs1.Cl. The highest BCUT2D eigenvalue weighted by Gasteiger charge is 2.33. The Morgan fingerprint density at radius 2 is 1.87 bits per heavy atom. The summed E-state index contributed by atoms with van der Waals surface area (Å²) in [5, 5.41) is 7.98. The Hall–Kier alpha value is -1.96. The van der Waals surface area contributed by atoms with Crippen LogP contribution in [0.2, 0.25) is 0 Å². The first kappa shape index (κ1) is 24.3. The Morgan fingerprint density at radius 1 is 1.20 bits per heavy atom. The minimum Gasteiger partial charge on any atom is -0.354 e. The van der Waals surface area contributed by atoms with Gasteiger partial charge in [-0.25, -0.2) is 0 Å². The van der Waals surface area contributed by atoms with Gasteiger partial charge in [-0.1, -0.05) is 6.07 Å². The lowest BCUT2D eigenvalue weighted by Crippen LogP contribution is -2.48. The lowest BCUT2D eigenvalue weighted by atomic mass is 9.78. The lowest BCUT2D eigenvalue weighted by molar-refractivity contribution is -0.125. The van der Waals surface area contributed by atoms with Crippen LogP contribution in [-0.4, -0.2) is 29.4 Å². The molecule has 0 aliphatic heterocycles. The molecule has 0 saturated heterocycles. The maximum Gasteiger partial charge on any atom is 0.230 e. The van der Waals surface area contributed by atoms with Gasteiger partial charge in [-0.2, -0.15) is 0 Å². The van der Waals surface area contributed by atoms with Crippen molar-refractivity contribution in [1.82, 2.24) is 10.3 Å². The third kappa shape index (κ3) is 6.03. The molecule has 2 aromatic heterocycles. The zero-order valence-electron chi connectivity index (χ0n) is 17.5. The van der Waals surface area contributed by atoms with Crippen LogP contribution < -0.4 is 16.4 Å². The molecule has 0 radical (unpaired) electrons. The largest absolute Gasteiger partial charge is 0.354 e. The summed E-state index contributed by atoms with van der Waals surface area (Å²) < 4.78 is 0. The van der Waals surface area contributed by atoms with E-state index in [0.29, 0.717) is 12.5 Å². The third-order valence-electron chi connectivity index (χ3n) is 5.90. The Morgan fingerprint density at radius 3 is 2.47 bits per heavy atom. The van der Waals surface area contributed by atoms with E-state index in [1.165, 1.54) is 0 Å². The van der Waals surface area contributed by atoms with Gasteiger partial charge in [0.1, 0.15) is 0 Å². The Kier molecular flexibility index (Phi) is 8.82. The van der Waals surface area contributed by atoms with E-state index in [2.05, 4.69) is 15.6 Å². The summed E-state index contributed by atoms with van der Waals surface area (Å²) in [7, 11) is 0. The highest BCUT2D eigenvalue weighted by molar-refractivity contribution is 7.10. The fourth-order valence-corrected chi connectivity index (χ4v) is 4.68. The van der Waals surface area contributed by atoms with E-state index in [1.54, 1.807) is 35.9 Å². The molecule has 8 heteroatoms. The van der Waals surface area contributed by atoms with E-state index < -0.39 is 5.41 Å². The van der Waals surface area contributed by atoms with Crippen LogP contribution in [0.1, 0.15) is 44.4 Å². The number of nitrogens with zero attached hydrogens (tertiary/aromatic N) is 1. The van der Waals surface area contributed by atoms with E-state index in [1.807, 2.05) is 31.4 Å². The molecule has 1 aliphatic carbocycles. The quantitative estimate of drug-likeness (QED) is 0.598. The van der Waals surface area contributed by atoms with Gasteiger partial charge in [-0.3, -0.25) is 14.6 Å². The lowest BCUT2D eigenvalue weighted by Gasteiger charge is -2.32. The Labute approximate surface area is 188 Å². The number of carbonyl (C=O) groups excluding carboxylic acids is 2. The molecule has 3 rings (SSSR count). The fourth-order valence-electron chi connectivity index (χ4n) is 3.83. The molecule has 2 amide bonds. The molecular weight excluding hydrogens is 420 g/mol. The van der Waals surface area contributed by atoms with Crippen LogP contribution in [-0.2, 0) is 15.0 Å². The smallest absolute Gasteiger partial charge is 0.230 e. The van der Waals surface area contributed by atoms with Gasteiger partial charge in [0.05, 0.1) is 5.41 Å². The Balaban J connectivity index is 0.00000320. The summed E-state index contributed by atoms with van der Waals surface area (Å²) in [6.07, 6.45) is 6.78. The van der Waals surface area contributed by atoms with E-state index in [-0.39, 0.29) is 36.2 Å².